The van der Waals surface area contributed by atoms with Crippen molar-refractivity contribution in [1.29, 1.82) is 0 Å². The van der Waals surface area contributed by atoms with E-state index >= 15 is 0 Å². The first kappa shape index (κ1) is 8.89. The number of aromatic amines is 1. The molecule has 1 atom stereocenters. The van der Waals surface area contributed by atoms with Gasteiger partial charge in [-0.1, -0.05) is 0 Å². The second kappa shape index (κ2) is 3.59. The molecule has 2 amide bonds. The lowest BCUT2D eigenvalue weighted by molar-refractivity contribution is -0.125. The molecule has 0 spiro atoms. The van der Waals surface area contributed by atoms with Crippen molar-refractivity contribution in [3.05, 3.63) is 18.0 Å². The number of rotatable bonds is 3. The molecular formula is C8H10N4O2. The molecule has 1 saturated heterocycles. The molecule has 1 aliphatic heterocycles. The molecule has 0 saturated carbocycles. The Hall–Kier alpha value is -1.69. The van der Waals surface area contributed by atoms with Gasteiger partial charge in [0, 0.05) is 18.4 Å². The summed E-state index contributed by atoms with van der Waals surface area (Å²) in [7, 11) is 0. The first-order valence-corrected chi connectivity index (χ1v) is 4.31. The van der Waals surface area contributed by atoms with E-state index in [0.717, 1.165) is 5.69 Å². The molecule has 2 heterocycles. The highest BCUT2D eigenvalue weighted by Gasteiger charge is 2.29. The van der Waals surface area contributed by atoms with Crippen LogP contribution in [0.25, 0.3) is 0 Å². The Morgan fingerprint density at radius 1 is 1.57 bits per heavy atom. The van der Waals surface area contributed by atoms with Gasteiger partial charge in [0.1, 0.15) is 0 Å². The number of hydrogen-bond donors (Lipinski definition) is 3. The van der Waals surface area contributed by atoms with Crippen LogP contribution < -0.4 is 10.6 Å². The second-order valence-electron chi connectivity index (χ2n) is 3.13. The molecule has 0 aromatic carbocycles. The molecule has 2 rings (SSSR count). The van der Waals surface area contributed by atoms with Gasteiger partial charge in [-0.15, -0.1) is 0 Å². The first-order chi connectivity index (χ1) is 6.75. The molecule has 6 nitrogen and oxygen atoms in total. The zero-order valence-electron chi connectivity index (χ0n) is 7.41. The summed E-state index contributed by atoms with van der Waals surface area (Å²) in [6.07, 6.45) is 1.85. The summed E-state index contributed by atoms with van der Waals surface area (Å²) < 4.78 is 0. The molecule has 1 aromatic heterocycles. The van der Waals surface area contributed by atoms with Gasteiger partial charge in [0.05, 0.1) is 12.5 Å². The van der Waals surface area contributed by atoms with Crippen LogP contribution in [0.2, 0.25) is 0 Å². The molecule has 74 valence electrons. The molecule has 1 aliphatic rings. The van der Waals surface area contributed by atoms with Crippen LogP contribution in [0, 0.1) is 0 Å². The summed E-state index contributed by atoms with van der Waals surface area (Å²) in [5.41, 5.74) is 0.886. The van der Waals surface area contributed by atoms with E-state index in [2.05, 4.69) is 20.8 Å². The van der Waals surface area contributed by atoms with Gasteiger partial charge >= 0.3 is 0 Å². The molecular weight excluding hydrogens is 184 g/mol. The van der Waals surface area contributed by atoms with E-state index in [1.165, 1.54) is 0 Å². The third-order valence-corrected chi connectivity index (χ3v) is 2.07. The minimum absolute atomic E-state index is 0.215. The van der Waals surface area contributed by atoms with Crippen molar-refractivity contribution in [3.63, 3.8) is 0 Å². The molecule has 0 bridgehead atoms. The quantitative estimate of drug-likeness (QED) is 0.534. The Morgan fingerprint density at radius 3 is 3.00 bits per heavy atom. The molecule has 1 aromatic rings. The van der Waals surface area contributed by atoms with Gasteiger partial charge in [-0.25, -0.2) is 0 Å². The van der Waals surface area contributed by atoms with Gasteiger partial charge in [-0.3, -0.25) is 25.3 Å². The standard InChI is InChI=1S/C8H10N4O2/c13-7-3-6(8(14)11-7)9-4-5-1-2-10-12-5/h1-2,6,9H,3-4H2,(H,10,12)(H,11,13,14). The maximum absolute atomic E-state index is 11.1. The van der Waals surface area contributed by atoms with Gasteiger partial charge in [0.25, 0.3) is 0 Å². The maximum atomic E-state index is 11.1. The second-order valence-corrected chi connectivity index (χ2v) is 3.13. The van der Waals surface area contributed by atoms with Gasteiger partial charge in [0.15, 0.2) is 0 Å². The van der Waals surface area contributed by atoms with Gasteiger partial charge in [-0.05, 0) is 6.07 Å². The third kappa shape index (κ3) is 1.80. The van der Waals surface area contributed by atoms with E-state index in [1.54, 1.807) is 6.20 Å². The van der Waals surface area contributed by atoms with Crippen molar-refractivity contribution in [2.45, 2.75) is 19.0 Å². The maximum Gasteiger partial charge on any atom is 0.244 e. The van der Waals surface area contributed by atoms with Crippen LogP contribution in [-0.4, -0.2) is 28.1 Å². The molecule has 1 fully saturated rings. The lowest BCUT2D eigenvalue weighted by atomic mass is 10.2. The van der Waals surface area contributed by atoms with Crippen LogP contribution in [-0.2, 0) is 16.1 Å². The lowest BCUT2D eigenvalue weighted by Crippen LogP contribution is -2.35. The molecule has 6 heteroatoms. The Morgan fingerprint density at radius 2 is 2.43 bits per heavy atom. The zero-order chi connectivity index (χ0) is 9.97. The van der Waals surface area contributed by atoms with E-state index in [-0.39, 0.29) is 18.2 Å². The normalized spacial score (nSPS) is 21.3. The minimum Gasteiger partial charge on any atom is -0.300 e. The third-order valence-electron chi connectivity index (χ3n) is 2.07. The number of aromatic nitrogens is 2. The van der Waals surface area contributed by atoms with E-state index < -0.39 is 6.04 Å². The fourth-order valence-corrected chi connectivity index (χ4v) is 1.33. The highest BCUT2D eigenvalue weighted by Crippen LogP contribution is 2.02. The summed E-state index contributed by atoms with van der Waals surface area (Å²) in [5, 5.41) is 11.7. The number of nitrogens with one attached hydrogen (secondary N) is 3. The SMILES string of the molecule is O=C1CC(NCc2ccn[nH]2)C(=O)N1. The van der Waals surface area contributed by atoms with Crippen molar-refractivity contribution in [2.75, 3.05) is 0 Å². The lowest BCUT2D eigenvalue weighted by Gasteiger charge is -2.06. The number of H-pyrrole nitrogens is 1. The van der Waals surface area contributed by atoms with Crippen molar-refractivity contribution in [2.24, 2.45) is 0 Å². The van der Waals surface area contributed by atoms with Gasteiger partial charge < -0.3 is 0 Å². The van der Waals surface area contributed by atoms with Crippen molar-refractivity contribution in [1.82, 2.24) is 20.8 Å². The van der Waals surface area contributed by atoms with Crippen LogP contribution in [0.1, 0.15) is 12.1 Å². The summed E-state index contributed by atoms with van der Waals surface area (Å²) in [6.45, 7) is 0.505. The summed E-state index contributed by atoms with van der Waals surface area (Å²) in [6, 6.07) is 1.40. The molecule has 14 heavy (non-hydrogen) atoms. The van der Waals surface area contributed by atoms with Crippen molar-refractivity contribution >= 4 is 11.8 Å². The highest BCUT2D eigenvalue weighted by atomic mass is 16.2. The number of carbonyl (C=O) groups is 2. The highest BCUT2D eigenvalue weighted by molar-refractivity contribution is 6.05. The fraction of sp³-hybridized carbons (Fsp3) is 0.375. The fourth-order valence-electron chi connectivity index (χ4n) is 1.33. The smallest absolute Gasteiger partial charge is 0.244 e. The Bertz CT molecular complexity index is 346. The van der Waals surface area contributed by atoms with E-state index in [9.17, 15) is 9.59 Å². The predicted molar refractivity (Wildman–Crippen MR) is 47.0 cm³/mol. The average molecular weight is 194 g/mol. The number of hydrogen-bond acceptors (Lipinski definition) is 4. The summed E-state index contributed by atoms with van der Waals surface area (Å²) in [4.78, 5) is 22.0. The number of amides is 2. The van der Waals surface area contributed by atoms with E-state index in [1.807, 2.05) is 6.07 Å². The van der Waals surface area contributed by atoms with Crippen LogP contribution in [0.15, 0.2) is 12.3 Å². The van der Waals surface area contributed by atoms with Crippen LogP contribution in [0.3, 0.4) is 0 Å². The monoisotopic (exact) mass is 194 g/mol. The predicted octanol–water partition coefficient (Wildman–Crippen LogP) is -1.09. The van der Waals surface area contributed by atoms with Crippen molar-refractivity contribution in [3.8, 4) is 0 Å². The molecule has 0 aliphatic carbocycles. The number of nitrogens with zero attached hydrogens (tertiary/aromatic N) is 1. The summed E-state index contributed by atoms with van der Waals surface area (Å²) >= 11 is 0. The molecule has 3 N–H and O–H groups in total. The van der Waals surface area contributed by atoms with Crippen molar-refractivity contribution < 1.29 is 9.59 Å². The zero-order valence-corrected chi connectivity index (χ0v) is 7.41. The average Bonchev–Trinajstić information content (AvgIpc) is 2.72. The number of carbonyl (C=O) groups excluding carboxylic acids is 2. The topological polar surface area (TPSA) is 86.9 Å². The van der Waals surface area contributed by atoms with Gasteiger partial charge in [0.2, 0.25) is 11.8 Å². The van der Waals surface area contributed by atoms with Gasteiger partial charge in [-0.2, -0.15) is 5.10 Å². The van der Waals surface area contributed by atoms with E-state index in [4.69, 9.17) is 0 Å². The Balaban J connectivity index is 1.87. The largest absolute Gasteiger partial charge is 0.300 e. The number of imide groups is 1. The summed E-state index contributed by atoms with van der Waals surface area (Å²) in [5.74, 6) is -0.480. The van der Waals surface area contributed by atoms with Crippen LogP contribution >= 0.6 is 0 Å². The van der Waals surface area contributed by atoms with Crippen LogP contribution in [0.5, 0.6) is 0 Å². The Kier molecular flexibility index (Phi) is 2.28. The molecule has 0 radical (unpaired) electrons. The van der Waals surface area contributed by atoms with Crippen LogP contribution in [0.4, 0.5) is 0 Å². The van der Waals surface area contributed by atoms with E-state index in [0.29, 0.717) is 6.54 Å². The molecule has 1 unspecified atom stereocenters. The Labute approximate surface area is 80.1 Å². The minimum atomic E-state index is -0.411. The first-order valence-electron chi connectivity index (χ1n) is 4.31.